The zero-order valence-electron chi connectivity index (χ0n) is 14.3. The van der Waals surface area contributed by atoms with E-state index in [1.807, 2.05) is 37.4 Å². The van der Waals surface area contributed by atoms with Crippen LogP contribution in [0.5, 0.6) is 0 Å². The molecule has 0 atom stereocenters. The van der Waals surface area contributed by atoms with Crippen LogP contribution >= 0.6 is 0 Å². The third kappa shape index (κ3) is 4.59. The van der Waals surface area contributed by atoms with Crippen molar-refractivity contribution in [1.29, 1.82) is 0 Å². The summed E-state index contributed by atoms with van der Waals surface area (Å²) < 4.78 is 13.3. The van der Waals surface area contributed by atoms with Crippen molar-refractivity contribution in [3.05, 3.63) is 71.7 Å². The van der Waals surface area contributed by atoms with Gasteiger partial charge in [0.1, 0.15) is 5.82 Å². The summed E-state index contributed by atoms with van der Waals surface area (Å²) in [7, 11) is 0. The van der Waals surface area contributed by atoms with Crippen LogP contribution in [0.15, 0.2) is 59.7 Å². The van der Waals surface area contributed by atoms with Gasteiger partial charge in [-0.3, -0.25) is 0 Å². The predicted octanol–water partition coefficient (Wildman–Crippen LogP) is 3.60. The summed E-state index contributed by atoms with van der Waals surface area (Å²) in [6.45, 7) is 4.26. The maximum Gasteiger partial charge on any atom is 0.191 e. The molecular weight excluding hydrogens is 315 g/mol. The first-order valence-electron chi connectivity index (χ1n) is 8.58. The number of aliphatic imine (C=N–C) groups is 1. The van der Waals surface area contributed by atoms with E-state index in [9.17, 15) is 4.39 Å². The van der Waals surface area contributed by atoms with E-state index in [1.165, 1.54) is 23.3 Å². The zero-order chi connectivity index (χ0) is 17.5. The number of hydrogen-bond donors (Lipinski definition) is 3. The van der Waals surface area contributed by atoms with Crippen molar-refractivity contribution < 1.29 is 4.39 Å². The zero-order valence-corrected chi connectivity index (χ0v) is 14.3. The van der Waals surface area contributed by atoms with Crippen LogP contribution in [-0.4, -0.2) is 24.0 Å². The number of rotatable bonds is 6. The Morgan fingerprint density at radius 2 is 1.96 bits per heavy atom. The van der Waals surface area contributed by atoms with Gasteiger partial charge in [0.15, 0.2) is 5.96 Å². The van der Waals surface area contributed by atoms with E-state index < -0.39 is 0 Å². The summed E-state index contributed by atoms with van der Waals surface area (Å²) in [6.07, 6.45) is 2.78. The van der Waals surface area contributed by atoms with Gasteiger partial charge in [0.05, 0.1) is 6.54 Å². The molecule has 0 bridgehead atoms. The smallest absolute Gasteiger partial charge is 0.191 e. The number of halogens is 1. The molecular formula is C20H23FN4. The Bertz CT molecular complexity index is 839. The van der Waals surface area contributed by atoms with E-state index in [2.05, 4.69) is 32.7 Å². The summed E-state index contributed by atoms with van der Waals surface area (Å²) in [4.78, 5) is 7.74. The molecule has 0 amide bonds. The summed E-state index contributed by atoms with van der Waals surface area (Å²) in [6, 6.07) is 15.0. The second-order valence-corrected chi connectivity index (χ2v) is 5.86. The minimum atomic E-state index is -0.221. The highest BCUT2D eigenvalue weighted by Crippen LogP contribution is 2.19. The molecule has 0 saturated heterocycles. The van der Waals surface area contributed by atoms with Crippen molar-refractivity contribution in [2.24, 2.45) is 4.99 Å². The van der Waals surface area contributed by atoms with Crippen LogP contribution in [0.25, 0.3) is 10.9 Å². The molecule has 4 nitrogen and oxygen atoms in total. The first kappa shape index (κ1) is 17.0. The van der Waals surface area contributed by atoms with Crippen molar-refractivity contribution in [1.82, 2.24) is 15.6 Å². The van der Waals surface area contributed by atoms with E-state index >= 15 is 0 Å². The number of aromatic amines is 1. The highest BCUT2D eigenvalue weighted by atomic mass is 19.1. The SMILES string of the molecule is CCNC(=NCc1ccccc1)NCCc1c[nH]c2cc(F)ccc12. The third-order valence-corrected chi connectivity index (χ3v) is 4.02. The highest BCUT2D eigenvalue weighted by Gasteiger charge is 2.05. The lowest BCUT2D eigenvalue weighted by atomic mass is 10.1. The number of hydrogen-bond acceptors (Lipinski definition) is 1. The average Bonchev–Trinajstić information content (AvgIpc) is 3.02. The maximum absolute atomic E-state index is 13.3. The lowest BCUT2D eigenvalue weighted by molar-refractivity contribution is 0.629. The number of guanidine groups is 1. The van der Waals surface area contributed by atoms with Crippen LogP contribution in [0.1, 0.15) is 18.1 Å². The van der Waals surface area contributed by atoms with Crippen LogP contribution in [-0.2, 0) is 13.0 Å². The fourth-order valence-corrected chi connectivity index (χ4v) is 2.78. The number of aromatic nitrogens is 1. The Morgan fingerprint density at radius 1 is 1.12 bits per heavy atom. The lowest BCUT2D eigenvalue weighted by Gasteiger charge is -2.11. The molecule has 3 rings (SSSR count). The highest BCUT2D eigenvalue weighted by molar-refractivity contribution is 5.83. The molecule has 5 heteroatoms. The largest absolute Gasteiger partial charge is 0.361 e. The van der Waals surface area contributed by atoms with Crippen LogP contribution in [0, 0.1) is 5.82 Å². The van der Waals surface area contributed by atoms with Crippen molar-refractivity contribution in [3.8, 4) is 0 Å². The average molecular weight is 338 g/mol. The molecule has 3 N–H and O–H groups in total. The minimum Gasteiger partial charge on any atom is -0.361 e. The lowest BCUT2D eigenvalue weighted by Crippen LogP contribution is -2.38. The molecule has 0 aliphatic heterocycles. The molecule has 25 heavy (non-hydrogen) atoms. The Kier molecular flexibility index (Phi) is 5.67. The Morgan fingerprint density at radius 3 is 2.76 bits per heavy atom. The molecule has 1 aromatic heterocycles. The molecule has 0 radical (unpaired) electrons. The maximum atomic E-state index is 13.3. The topological polar surface area (TPSA) is 52.2 Å². The normalized spacial score (nSPS) is 11.7. The summed E-state index contributed by atoms with van der Waals surface area (Å²) in [5, 5.41) is 7.68. The molecule has 130 valence electrons. The number of H-pyrrole nitrogens is 1. The van der Waals surface area contributed by atoms with E-state index in [4.69, 9.17) is 0 Å². The fourth-order valence-electron chi connectivity index (χ4n) is 2.78. The van der Waals surface area contributed by atoms with Gasteiger partial charge in [0.2, 0.25) is 0 Å². The molecule has 3 aromatic rings. The summed E-state index contributed by atoms with van der Waals surface area (Å²) in [5.41, 5.74) is 3.18. The van der Waals surface area contributed by atoms with Gasteiger partial charge < -0.3 is 15.6 Å². The molecule has 0 fully saturated rings. The van der Waals surface area contributed by atoms with E-state index in [0.717, 1.165) is 36.4 Å². The van der Waals surface area contributed by atoms with Gasteiger partial charge in [-0.2, -0.15) is 0 Å². The molecule has 0 unspecified atom stereocenters. The monoisotopic (exact) mass is 338 g/mol. The van der Waals surface area contributed by atoms with Gasteiger partial charge in [0, 0.05) is 30.2 Å². The van der Waals surface area contributed by atoms with Gasteiger partial charge in [-0.1, -0.05) is 30.3 Å². The fraction of sp³-hybridized carbons (Fsp3) is 0.250. The second-order valence-electron chi connectivity index (χ2n) is 5.86. The van der Waals surface area contributed by atoms with Crippen molar-refractivity contribution in [2.75, 3.05) is 13.1 Å². The second kappa shape index (κ2) is 8.33. The quantitative estimate of drug-likeness (QED) is 0.475. The first-order valence-corrected chi connectivity index (χ1v) is 8.58. The Labute approximate surface area is 147 Å². The third-order valence-electron chi connectivity index (χ3n) is 4.02. The predicted molar refractivity (Wildman–Crippen MR) is 101 cm³/mol. The summed E-state index contributed by atoms with van der Waals surface area (Å²) in [5.74, 6) is 0.582. The van der Waals surface area contributed by atoms with E-state index in [1.54, 1.807) is 0 Å². The van der Waals surface area contributed by atoms with Crippen molar-refractivity contribution in [3.63, 3.8) is 0 Å². The molecule has 0 saturated carbocycles. The van der Waals surface area contributed by atoms with Gasteiger partial charge >= 0.3 is 0 Å². The van der Waals surface area contributed by atoms with Crippen LogP contribution in [0.2, 0.25) is 0 Å². The molecule has 0 spiro atoms. The molecule has 2 aromatic carbocycles. The molecule has 1 heterocycles. The molecule has 0 aliphatic carbocycles. The number of nitrogens with zero attached hydrogens (tertiary/aromatic N) is 1. The van der Waals surface area contributed by atoms with Crippen LogP contribution in [0.4, 0.5) is 4.39 Å². The van der Waals surface area contributed by atoms with Crippen LogP contribution in [0.3, 0.4) is 0 Å². The minimum absolute atomic E-state index is 0.221. The first-order chi connectivity index (χ1) is 12.3. The van der Waals surface area contributed by atoms with Crippen LogP contribution < -0.4 is 10.6 Å². The standard InChI is InChI=1S/C20H23FN4/c1-2-22-20(25-13-15-6-4-3-5-7-15)23-11-10-16-14-24-19-12-17(21)8-9-18(16)19/h3-9,12,14,24H,2,10-11,13H2,1H3,(H2,22,23,25). The Hall–Kier alpha value is -2.82. The van der Waals surface area contributed by atoms with Gasteiger partial charge in [-0.25, -0.2) is 9.38 Å². The van der Waals surface area contributed by atoms with Gasteiger partial charge in [-0.15, -0.1) is 0 Å². The number of fused-ring (bicyclic) bond motifs is 1. The van der Waals surface area contributed by atoms with Gasteiger partial charge in [-0.05, 0) is 42.7 Å². The van der Waals surface area contributed by atoms with Crippen molar-refractivity contribution >= 4 is 16.9 Å². The molecule has 0 aliphatic rings. The van der Waals surface area contributed by atoms with E-state index in [0.29, 0.717) is 6.54 Å². The Balaban J connectivity index is 1.59. The van der Waals surface area contributed by atoms with Gasteiger partial charge in [0.25, 0.3) is 0 Å². The summed E-state index contributed by atoms with van der Waals surface area (Å²) >= 11 is 0. The number of nitrogens with one attached hydrogen (secondary N) is 3. The number of benzene rings is 2. The van der Waals surface area contributed by atoms with E-state index in [-0.39, 0.29) is 5.82 Å². The van der Waals surface area contributed by atoms with Crippen molar-refractivity contribution in [2.45, 2.75) is 19.9 Å².